The van der Waals surface area contributed by atoms with E-state index in [4.69, 9.17) is 0 Å². The average molecular weight is 205 g/mol. The van der Waals surface area contributed by atoms with Crippen LogP contribution >= 0.6 is 0 Å². The molecular formula is C13H19NO. The van der Waals surface area contributed by atoms with Crippen LogP contribution in [0.25, 0.3) is 0 Å². The van der Waals surface area contributed by atoms with E-state index >= 15 is 0 Å². The Morgan fingerprint density at radius 2 is 1.93 bits per heavy atom. The highest BCUT2D eigenvalue weighted by atomic mass is 16.1. The molecule has 1 aromatic rings. The first-order chi connectivity index (χ1) is 7.29. The Hall–Kier alpha value is -1.15. The number of carbonyl (C=O) groups is 1. The molecule has 0 heterocycles. The molecule has 0 fully saturated rings. The summed E-state index contributed by atoms with van der Waals surface area (Å²) in [5.41, 5.74) is 0.799. The number of hydrogen-bond acceptors (Lipinski definition) is 2. The second-order valence-corrected chi connectivity index (χ2v) is 3.65. The molecule has 82 valence electrons. The molecular weight excluding hydrogens is 186 g/mol. The molecule has 1 N–H and O–H groups in total. The molecule has 2 nitrogen and oxygen atoms in total. The first-order valence-corrected chi connectivity index (χ1v) is 5.62. The number of hydrogen-bond donors (Lipinski definition) is 1. The quantitative estimate of drug-likeness (QED) is 0.723. The summed E-state index contributed by atoms with van der Waals surface area (Å²) in [6.07, 6.45) is 1.90. The van der Waals surface area contributed by atoms with Crippen LogP contribution in [0.1, 0.15) is 37.0 Å². The summed E-state index contributed by atoms with van der Waals surface area (Å²) in [4.78, 5) is 12.0. The van der Waals surface area contributed by atoms with E-state index in [1.807, 2.05) is 37.3 Å². The molecule has 0 aromatic heterocycles. The van der Waals surface area contributed by atoms with Crippen molar-refractivity contribution in [2.24, 2.45) is 0 Å². The highest BCUT2D eigenvalue weighted by molar-refractivity contribution is 6.00. The van der Waals surface area contributed by atoms with Crippen molar-refractivity contribution in [3.05, 3.63) is 35.9 Å². The third-order valence-electron chi connectivity index (χ3n) is 2.42. The van der Waals surface area contributed by atoms with Crippen molar-refractivity contribution >= 4 is 5.78 Å². The highest BCUT2D eigenvalue weighted by Crippen LogP contribution is 2.05. The van der Waals surface area contributed by atoms with Gasteiger partial charge >= 0.3 is 0 Å². The molecule has 15 heavy (non-hydrogen) atoms. The van der Waals surface area contributed by atoms with Gasteiger partial charge in [0, 0.05) is 5.56 Å². The van der Waals surface area contributed by atoms with Gasteiger partial charge in [-0.3, -0.25) is 4.79 Å². The van der Waals surface area contributed by atoms with E-state index in [1.54, 1.807) is 0 Å². The first kappa shape index (κ1) is 11.9. The molecule has 0 aliphatic rings. The van der Waals surface area contributed by atoms with E-state index < -0.39 is 0 Å². The van der Waals surface area contributed by atoms with Crippen LogP contribution in [0.4, 0.5) is 0 Å². The molecule has 0 saturated carbocycles. The molecule has 0 aliphatic carbocycles. The maximum absolute atomic E-state index is 12.0. The van der Waals surface area contributed by atoms with Crippen LogP contribution in [0.3, 0.4) is 0 Å². The Morgan fingerprint density at radius 3 is 2.47 bits per heavy atom. The minimum absolute atomic E-state index is 0.0349. The van der Waals surface area contributed by atoms with Gasteiger partial charge in [0.05, 0.1) is 6.04 Å². The zero-order valence-corrected chi connectivity index (χ0v) is 9.49. The lowest BCUT2D eigenvalue weighted by molar-refractivity contribution is 0.0941. The van der Waals surface area contributed by atoms with Crippen LogP contribution in [0.2, 0.25) is 0 Å². The van der Waals surface area contributed by atoms with Crippen molar-refractivity contribution in [2.45, 2.75) is 32.7 Å². The Morgan fingerprint density at radius 1 is 1.27 bits per heavy atom. The van der Waals surface area contributed by atoms with Crippen LogP contribution in [-0.2, 0) is 0 Å². The van der Waals surface area contributed by atoms with Gasteiger partial charge in [-0.25, -0.2) is 0 Å². The van der Waals surface area contributed by atoms with Crippen LogP contribution in [0.15, 0.2) is 30.3 Å². The molecule has 2 heteroatoms. The summed E-state index contributed by atoms with van der Waals surface area (Å²) in [6.45, 7) is 5.04. The third-order valence-corrected chi connectivity index (χ3v) is 2.42. The smallest absolute Gasteiger partial charge is 0.179 e. The van der Waals surface area contributed by atoms with Crippen molar-refractivity contribution in [2.75, 3.05) is 6.54 Å². The lowest BCUT2D eigenvalue weighted by Crippen LogP contribution is -2.36. The SMILES string of the molecule is CCCNC(CC)C(=O)c1ccccc1. The number of ketones is 1. The molecule has 1 rings (SSSR count). The molecule has 0 amide bonds. The second-order valence-electron chi connectivity index (χ2n) is 3.65. The van der Waals surface area contributed by atoms with Gasteiger partial charge in [0.2, 0.25) is 0 Å². The maximum Gasteiger partial charge on any atom is 0.179 e. The third kappa shape index (κ3) is 3.48. The molecule has 0 saturated heterocycles. The number of Topliss-reactive ketones (excluding diaryl/α,β-unsaturated/α-hetero) is 1. The predicted octanol–water partition coefficient (Wildman–Crippen LogP) is 2.65. The van der Waals surface area contributed by atoms with Crippen LogP contribution in [0, 0.1) is 0 Å². The number of nitrogens with one attached hydrogen (secondary N) is 1. The van der Waals surface area contributed by atoms with E-state index in [0.29, 0.717) is 0 Å². The highest BCUT2D eigenvalue weighted by Gasteiger charge is 2.16. The van der Waals surface area contributed by atoms with Gasteiger partial charge in [0.25, 0.3) is 0 Å². The summed E-state index contributed by atoms with van der Waals surface area (Å²) >= 11 is 0. The summed E-state index contributed by atoms with van der Waals surface area (Å²) in [5, 5.41) is 3.27. The molecule has 0 radical (unpaired) electrons. The van der Waals surface area contributed by atoms with Gasteiger partial charge in [0.1, 0.15) is 0 Å². The van der Waals surface area contributed by atoms with Gasteiger partial charge < -0.3 is 5.32 Å². The lowest BCUT2D eigenvalue weighted by atomic mass is 10.0. The monoisotopic (exact) mass is 205 g/mol. The first-order valence-electron chi connectivity index (χ1n) is 5.62. The second kappa shape index (κ2) is 6.36. The molecule has 0 aliphatic heterocycles. The fraction of sp³-hybridized carbons (Fsp3) is 0.462. The lowest BCUT2D eigenvalue weighted by Gasteiger charge is -2.15. The van der Waals surface area contributed by atoms with Crippen LogP contribution in [0.5, 0.6) is 0 Å². The van der Waals surface area contributed by atoms with Crippen molar-refractivity contribution < 1.29 is 4.79 Å². The molecule has 1 unspecified atom stereocenters. The molecule has 1 aromatic carbocycles. The van der Waals surface area contributed by atoms with Crippen LogP contribution < -0.4 is 5.32 Å². The fourth-order valence-corrected chi connectivity index (χ4v) is 1.54. The predicted molar refractivity (Wildman–Crippen MR) is 63.1 cm³/mol. The van der Waals surface area contributed by atoms with E-state index in [0.717, 1.165) is 24.9 Å². The molecule has 0 bridgehead atoms. The summed E-state index contributed by atoms with van der Waals surface area (Å²) in [6, 6.07) is 9.45. The summed E-state index contributed by atoms with van der Waals surface area (Å²) in [5.74, 6) is 0.201. The van der Waals surface area contributed by atoms with Crippen LogP contribution in [-0.4, -0.2) is 18.4 Å². The number of benzene rings is 1. The Balaban J connectivity index is 2.65. The van der Waals surface area contributed by atoms with Crippen molar-refractivity contribution in [3.8, 4) is 0 Å². The zero-order chi connectivity index (χ0) is 11.1. The fourth-order valence-electron chi connectivity index (χ4n) is 1.54. The Bertz CT molecular complexity index is 295. The van der Waals surface area contributed by atoms with Crippen molar-refractivity contribution in [1.82, 2.24) is 5.32 Å². The van der Waals surface area contributed by atoms with Crippen molar-refractivity contribution in [3.63, 3.8) is 0 Å². The average Bonchev–Trinajstić information content (AvgIpc) is 2.31. The molecule has 0 spiro atoms. The minimum atomic E-state index is -0.0349. The Labute approximate surface area is 91.7 Å². The maximum atomic E-state index is 12.0. The van der Waals surface area contributed by atoms with Gasteiger partial charge in [-0.15, -0.1) is 0 Å². The Kier molecular flexibility index (Phi) is 5.05. The summed E-state index contributed by atoms with van der Waals surface area (Å²) < 4.78 is 0. The van der Waals surface area contributed by atoms with Gasteiger partial charge in [-0.05, 0) is 19.4 Å². The summed E-state index contributed by atoms with van der Waals surface area (Å²) in [7, 11) is 0. The van der Waals surface area contributed by atoms with Gasteiger partial charge in [-0.2, -0.15) is 0 Å². The standard InChI is InChI=1S/C13H19NO/c1-3-10-14-12(4-2)13(15)11-8-6-5-7-9-11/h5-9,12,14H,3-4,10H2,1-2H3. The van der Waals surface area contributed by atoms with Gasteiger partial charge in [-0.1, -0.05) is 44.2 Å². The van der Waals surface area contributed by atoms with E-state index in [-0.39, 0.29) is 11.8 Å². The van der Waals surface area contributed by atoms with E-state index in [9.17, 15) is 4.79 Å². The van der Waals surface area contributed by atoms with E-state index in [2.05, 4.69) is 12.2 Å². The van der Waals surface area contributed by atoms with Crippen molar-refractivity contribution in [1.29, 1.82) is 0 Å². The number of rotatable bonds is 6. The topological polar surface area (TPSA) is 29.1 Å². The number of carbonyl (C=O) groups excluding carboxylic acids is 1. The molecule has 1 atom stereocenters. The van der Waals surface area contributed by atoms with Gasteiger partial charge in [0.15, 0.2) is 5.78 Å². The normalized spacial score (nSPS) is 12.4. The minimum Gasteiger partial charge on any atom is -0.307 e. The van der Waals surface area contributed by atoms with E-state index in [1.165, 1.54) is 0 Å². The zero-order valence-electron chi connectivity index (χ0n) is 9.49. The largest absolute Gasteiger partial charge is 0.307 e.